The van der Waals surface area contributed by atoms with Gasteiger partial charge in [0, 0.05) is 22.4 Å². The highest BCUT2D eigenvalue weighted by molar-refractivity contribution is 5.84. The van der Waals surface area contributed by atoms with E-state index in [1.807, 2.05) is 48.5 Å². The van der Waals surface area contributed by atoms with Crippen LogP contribution in [0.5, 0.6) is 5.75 Å². The number of nitrogens with zero attached hydrogens (tertiary/aromatic N) is 2. The summed E-state index contributed by atoms with van der Waals surface area (Å²) in [5, 5.41) is 10.1. The Balaban J connectivity index is 1.89. The minimum Gasteiger partial charge on any atom is -0.508 e. The molecule has 150 valence electrons. The molecule has 5 aromatic rings. The van der Waals surface area contributed by atoms with Gasteiger partial charge in [-0.3, -0.25) is 4.57 Å². The molecule has 1 heterocycles. The van der Waals surface area contributed by atoms with Gasteiger partial charge in [-0.2, -0.15) is 0 Å². The van der Waals surface area contributed by atoms with Crippen LogP contribution < -0.4 is 0 Å². The summed E-state index contributed by atoms with van der Waals surface area (Å²) in [6.45, 7) is 2.08. The lowest BCUT2D eigenvalue weighted by Crippen LogP contribution is -2.00. The number of aromatic hydroxyl groups is 1. The fourth-order valence-electron chi connectivity index (χ4n) is 3.86. The van der Waals surface area contributed by atoms with Crippen LogP contribution in [0.1, 0.15) is 5.56 Å². The van der Waals surface area contributed by atoms with Gasteiger partial charge in [0.2, 0.25) is 0 Å². The third-order valence-corrected chi connectivity index (χ3v) is 5.37. The Morgan fingerprint density at radius 2 is 1.26 bits per heavy atom. The van der Waals surface area contributed by atoms with E-state index in [2.05, 4.69) is 60.0 Å². The van der Waals surface area contributed by atoms with Crippen molar-refractivity contribution >= 4 is 0 Å². The lowest BCUT2D eigenvalue weighted by molar-refractivity contribution is 0.475. The van der Waals surface area contributed by atoms with E-state index >= 15 is 0 Å². The van der Waals surface area contributed by atoms with Gasteiger partial charge >= 0.3 is 0 Å². The third kappa shape index (κ3) is 3.62. The van der Waals surface area contributed by atoms with Crippen LogP contribution in [-0.2, 0) is 0 Å². The number of phenolic OH excluding ortho intramolecular Hbond substituents is 1. The lowest BCUT2D eigenvalue weighted by Gasteiger charge is -2.14. The summed E-state index contributed by atoms with van der Waals surface area (Å²) in [7, 11) is 0. The highest BCUT2D eigenvalue weighted by Gasteiger charge is 2.22. The molecule has 0 radical (unpaired) electrons. The second kappa shape index (κ2) is 7.96. The summed E-state index contributed by atoms with van der Waals surface area (Å²) in [6.07, 6.45) is 0. The molecule has 1 aromatic heterocycles. The quantitative estimate of drug-likeness (QED) is 0.355. The third-order valence-electron chi connectivity index (χ3n) is 5.37. The predicted molar refractivity (Wildman–Crippen MR) is 126 cm³/mol. The minimum absolute atomic E-state index is 0.221. The Morgan fingerprint density at radius 3 is 1.90 bits per heavy atom. The van der Waals surface area contributed by atoms with Crippen molar-refractivity contribution in [2.45, 2.75) is 6.92 Å². The van der Waals surface area contributed by atoms with E-state index < -0.39 is 0 Å². The van der Waals surface area contributed by atoms with Crippen LogP contribution in [0.3, 0.4) is 0 Å². The van der Waals surface area contributed by atoms with Gasteiger partial charge in [0.15, 0.2) is 0 Å². The van der Waals surface area contributed by atoms with Gasteiger partial charge < -0.3 is 5.11 Å². The molecule has 0 atom stereocenters. The molecule has 0 saturated heterocycles. The number of benzene rings is 4. The monoisotopic (exact) mass is 402 g/mol. The Morgan fingerprint density at radius 1 is 0.645 bits per heavy atom. The van der Waals surface area contributed by atoms with E-state index in [-0.39, 0.29) is 5.75 Å². The van der Waals surface area contributed by atoms with Crippen molar-refractivity contribution in [1.82, 2.24) is 9.55 Å². The molecule has 0 saturated carbocycles. The zero-order valence-corrected chi connectivity index (χ0v) is 17.2. The Labute approximate surface area is 181 Å². The molecule has 1 N–H and O–H groups in total. The summed E-state index contributed by atoms with van der Waals surface area (Å²) in [4.78, 5) is 5.12. The molecular formula is C28H22N2O. The number of rotatable bonds is 4. The predicted octanol–water partition coefficient (Wildman–Crippen LogP) is 6.89. The summed E-state index contributed by atoms with van der Waals surface area (Å²) in [6, 6.07) is 36.3. The van der Waals surface area contributed by atoms with Gasteiger partial charge in [0.1, 0.15) is 11.6 Å². The number of aromatic nitrogens is 2. The van der Waals surface area contributed by atoms with Crippen molar-refractivity contribution in [2.75, 3.05) is 0 Å². The molecule has 0 unspecified atom stereocenters. The highest BCUT2D eigenvalue weighted by atomic mass is 16.3. The van der Waals surface area contributed by atoms with Crippen molar-refractivity contribution in [3.8, 4) is 45.3 Å². The molecule has 31 heavy (non-hydrogen) atoms. The van der Waals surface area contributed by atoms with Crippen LogP contribution in [0, 0.1) is 6.92 Å². The van der Waals surface area contributed by atoms with Gasteiger partial charge in [-0.15, -0.1) is 0 Å². The first-order chi connectivity index (χ1) is 15.2. The van der Waals surface area contributed by atoms with E-state index in [0.29, 0.717) is 0 Å². The van der Waals surface area contributed by atoms with Crippen molar-refractivity contribution < 1.29 is 5.11 Å². The fourth-order valence-corrected chi connectivity index (χ4v) is 3.86. The molecule has 4 aromatic carbocycles. The molecule has 3 heteroatoms. The lowest BCUT2D eigenvalue weighted by atomic mass is 10.0. The molecule has 0 aliphatic carbocycles. The van der Waals surface area contributed by atoms with E-state index in [4.69, 9.17) is 4.98 Å². The average molecular weight is 402 g/mol. The molecular weight excluding hydrogens is 380 g/mol. The van der Waals surface area contributed by atoms with Crippen LogP contribution in [0.25, 0.3) is 39.6 Å². The van der Waals surface area contributed by atoms with Crippen molar-refractivity contribution in [2.24, 2.45) is 0 Å². The summed E-state index contributed by atoms with van der Waals surface area (Å²) >= 11 is 0. The first-order valence-electron chi connectivity index (χ1n) is 10.3. The second-order valence-corrected chi connectivity index (χ2v) is 7.59. The maximum atomic E-state index is 10.1. The molecule has 0 bridgehead atoms. The number of phenols is 1. The summed E-state index contributed by atoms with van der Waals surface area (Å²) in [5.41, 5.74) is 7.15. The molecule has 0 aliphatic rings. The standard InChI is InChI=1S/C28H22N2O/c1-20-15-17-24(18-16-20)30-27(22-11-6-3-7-12-22)26(21-9-4-2-5-10-21)29-28(30)23-13-8-14-25(31)19-23/h2-19,31H,1H3. The summed E-state index contributed by atoms with van der Waals surface area (Å²) < 4.78 is 2.19. The van der Waals surface area contributed by atoms with Gasteiger partial charge in [0.25, 0.3) is 0 Å². The highest BCUT2D eigenvalue weighted by Crippen LogP contribution is 2.38. The Bertz CT molecular complexity index is 1320. The molecule has 5 rings (SSSR count). The first kappa shape index (κ1) is 18.9. The molecule has 0 spiro atoms. The van der Waals surface area contributed by atoms with E-state index in [1.54, 1.807) is 12.1 Å². The first-order valence-corrected chi connectivity index (χ1v) is 10.3. The summed E-state index contributed by atoms with van der Waals surface area (Å²) in [5.74, 6) is 1.01. The normalized spacial score (nSPS) is 10.9. The van der Waals surface area contributed by atoms with E-state index in [1.165, 1.54) is 5.56 Å². The van der Waals surface area contributed by atoms with E-state index in [0.717, 1.165) is 39.6 Å². The zero-order chi connectivity index (χ0) is 21.2. The number of aryl methyl sites for hydroxylation is 1. The molecule has 0 amide bonds. The second-order valence-electron chi connectivity index (χ2n) is 7.59. The zero-order valence-electron chi connectivity index (χ0n) is 17.2. The smallest absolute Gasteiger partial charge is 0.145 e. The van der Waals surface area contributed by atoms with Crippen LogP contribution in [-0.4, -0.2) is 14.7 Å². The van der Waals surface area contributed by atoms with Crippen LogP contribution in [0.15, 0.2) is 109 Å². The van der Waals surface area contributed by atoms with Gasteiger partial charge in [-0.1, -0.05) is 90.5 Å². The molecule has 0 aliphatic heterocycles. The van der Waals surface area contributed by atoms with Gasteiger partial charge in [0.05, 0.1) is 11.4 Å². The molecule has 3 nitrogen and oxygen atoms in total. The van der Waals surface area contributed by atoms with Crippen molar-refractivity contribution in [3.63, 3.8) is 0 Å². The Kier molecular flexibility index (Phi) is 4.85. The van der Waals surface area contributed by atoms with Crippen molar-refractivity contribution in [1.29, 1.82) is 0 Å². The number of hydrogen-bond acceptors (Lipinski definition) is 2. The minimum atomic E-state index is 0.221. The SMILES string of the molecule is Cc1ccc(-n2c(-c3cccc(O)c3)nc(-c3ccccc3)c2-c2ccccc2)cc1. The van der Waals surface area contributed by atoms with E-state index in [9.17, 15) is 5.11 Å². The average Bonchev–Trinajstić information content (AvgIpc) is 3.21. The maximum absolute atomic E-state index is 10.1. The topological polar surface area (TPSA) is 38.0 Å². The fraction of sp³-hybridized carbons (Fsp3) is 0.0357. The largest absolute Gasteiger partial charge is 0.508 e. The van der Waals surface area contributed by atoms with Crippen molar-refractivity contribution in [3.05, 3.63) is 115 Å². The van der Waals surface area contributed by atoms with Gasteiger partial charge in [-0.05, 0) is 31.2 Å². The number of imidazole rings is 1. The van der Waals surface area contributed by atoms with Gasteiger partial charge in [-0.25, -0.2) is 4.98 Å². The van der Waals surface area contributed by atoms with Crippen LogP contribution >= 0.6 is 0 Å². The molecule has 0 fully saturated rings. The maximum Gasteiger partial charge on any atom is 0.145 e. The Hall–Kier alpha value is -4.11. The van der Waals surface area contributed by atoms with Crippen LogP contribution in [0.4, 0.5) is 0 Å². The number of hydrogen-bond donors (Lipinski definition) is 1. The van der Waals surface area contributed by atoms with Crippen LogP contribution in [0.2, 0.25) is 0 Å².